The quantitative estimate of drug-likeness (QED) is 0.201. The molecule has 0 amide bonds. The lowest BCUT2D eigenvalue weighted by Gasteiger charge is -2.26. The minimum absolute atomic E-state index is 0.603. The van der Waals surface area contributed by atoms with Crippen molar-refractivity contribution >= 4 is 49.0 Å². The molecule has 8 rings (SSSR count). The number of aliphatic imine (C=N–C) groups is 2. The van der Waals surface area contributed by atoms with Crippen LogP contribution in [0.5, 0.6) is 11.5 Å². The molecular weight excluding hydrogens is 554 g/mol. The molecule has 2 aliphatic rings. The Morgan fingerprint density at radius 2 is 0.822 bits per heavy atom. The summed E-state index contributed by atoms with van der Waals surface area (Å²) in [6, 6.07) is 48.6. The van der Waals surface area contributed by atoms with E-state index in [0.29, 0.717) is 22.9 Å². The molecule has 0 atom stereocenters. The molecule has 0 saturated carbocycles. The third-order valence-electron chi connectivity index (χ3n) is 8.03. The summed E-state index contributed by atoms with van der Waals surface area (Å²) in [4.78, 5) is 9.91. The van der Waals surface area contributed by atoms with Crippen molar-refractivity contribution in [1.82, 2.24) is 0 Å². The van der Waals surface area contributed by atoms with Gasteiger partial charge in [0.2, 0.25) is 0 Å². The Bertz CT molecular complexity index is 1920. The second-order valence-electron chi connectivity index (χ2n) is 10.9. The van der Waals surface area contributed by atoms with Crippen molar-refractivity contribution in [1.29, 1.82) is 0 Å². The molecule has 6 aromatic carbocycles. The Morgan fingerprint density at radius 1 is 0.400 bits per heavy atom. The summed E-state index contributed by atoms with van der Waals surface area (Å²) in [7, 11) is -1.63. The normalized spacial score (nSPS) is 13.3. The van der Waals surface area contributed by atoms with E-state index in [-0.39, 0.29) is 0 Å². The number of benzene rings is 6. The monoisotopic (exact) mass is 580 g/mol. The van der Waals surface area contributed by atoms with Gasteiger partial charge in [0.25, 0.3) is 0 Å². The van der Waals surface area contributed by atoms with Gasteiger partial charge in [0.1, 0.15) is 22.9 Å². The van der Waals surface area contributed by atoms with Crippen LogP contribution >= 0.6 is 0 Å². The summed E-state index contributed by atoms with van der Waals surface area (Å²) >= 11 is 0. The maximum Gasteiger partial charge on any atom is 0.550 e. The Balaban J connectivity index is 1.30. The van der Waals surface area contributed by atoms with Crippen LogP contribution in [0.2, 0.25) is 0 Å². The topological polar surface area (TPSA) is 52.4 Å². The summed E-state index contributed by atoms with van der Waals surface area (Å²) in [5.41, 5.74) is 9.15. The zero-order valence-electron chi connectivity index (χ0n) is 24.3. The molecule has 0 aliphatic carbocycles. The van der Waals surface area contributed by atoms with Gasteiger partial charge < -0.3 is 13.9 Å². The van der Waals surface area contributed by atoms with Crippen LogP contribution in [0.25, 0.3) is 22.3 Å². The molecule has 0 fully saturated rings. The minimum Gasteiger partial charge on any atom is -0.531 e. The summed E-state index contributed by atoms with van der Waals surface area (Å²) < 4.78 is 20.2. The largest absolute Gasteiger partial charge is 0.550 e. The highest BCUT2D eigenvalue weighted by molar-refractivity contribution is 6.76. The molecule has 0 unspecified atom stereocenters. The Kier molecular flexibility index (Phi) is 7.06. The van der Waals surface area contributed by atoms with Gasteiger partial charge in [-0.25, -0.2) is 0 Å². The van der Waals surface area contributed by atoms with Crippen LogP contribution in [0, 0.1) is 0 Å². The van der Waals surface area contributed by atoms with E-state index in [9.17, 15) is 0 Å². The number of hydrogen-bond acceptors (Lipinski definition) is 5. The maximum absolute atomic E-state index is 6.83. The van der Waals surface area contributed by atoms with Crippen LogP contribution in [0.3, 0.4) is 0 Å². The van der Waals surface area contributed by atoms with E-state index < -0.39 is 14.2 Å². The van der Waals surface area contributed by atoms with Crippen LogP contribution < -0.4 is 20.2 Å². The van der Waals surface area contributed by atoms with E-state index in [1.165, 1.54) is 0 Å². The first-order valence-corrected chi connectivity index (χ1v) is 14.9. The lowest BCUT2D eigenvalue weighted by molar-refractivity contribution is 0.389. The standard InChI is InChI=1S/C38H26B2N2O3/c1-3-11-27(12-4-1)29-19-21-37-35(23-29)41-25-31-15-7-9-17-33(31)40-44-38-22-20-30(28-13-5-2-6-14-28)24-36(38)42-26-32-16-8-10-18-34(32)39(43-37)45-40/h1-26H. The molecule has 45 heavy (non-hydrogen) atoms. The van der Waals surface area contributed by atoms with Crippen LogP contribution in [-0.2, 0) is 4.57 Å². The first-order valence-electron chi connectivity index (χ1n) is 14.9. The molecule has 0 spiro atoms. The van der Waals surface area contributed by atoms with Gasteiger partial charge in [-0.3, -0.25) is 9.98 Å². The van der Waals surface area contributed by atoms with Gasteiger partial charge >= 0.3 is 14.2 Å². The summed E-state index contributed by atoms with van der Waals surface area (Å²) in [6.45, 7) is 0. The average Bonchev–Trinajstić information content (AvgIpc) is 3.11. The van der Waals surface area contributed by atoms with Crippen LogP contribution in [-0.4, -0.2) is 26.7 Å². The second kappa shape index (κ2) is 11.8. The molecule has 0 aromatic heterocycles. The number of nitrogens with zero attached hydrogens (tertiary/aromatic N) is 2. The average molecular weight is 580 g/mol. The fourth-order valence-electron chi connectivity index (χ4n) is 5.69. The molecule has 212 valence electrons. The van der Waals surface area contributed by atoms with Crippen LogP contribution in [0.4, 0.5) is 11.4 Å². The van der Waals surface area contributed by atoms with E-state index in [1.54, 1.807) is 0 Å². The van der Waals surface area contributed by atoms with Crippen molar-refractivity contribution in [2.24, 2.45) is 9.98 Å². The third-order valence-corrected chi connectivity index (χ3v) is 8.03. The van der Waals surface area contributed by atoms with Gasteiger partial charge in [0.05, 0.1) is 0 Å². The zero-order chi connectivity index (χ0) is 30.0. The van der Waals surface area contributed by atoms with Crippen molar-refractivity contribution < 1.29 is 13.9 Å². The Morgan fingerprint density at radius 3 is 1.29 bits per heavy atom. The molecule has 0 radical (unpaired) electrons. The molecule has 0 saturated heterocycles. The highest BCUT2D eigenvalue weighted by Crippen LogP contribution is 2.36. The molecule has 5 nitrogen and oxygen atoms in total. The van der Waals surface area contributed by atoms with Gasteiger partial charge in [-0.15, -0.1) is 0 Å². The molecule has 2 bridgehead atoms. The van der Waals surface area contributed by atoms with Gasteiger partial charge in [0, 0.05) is 23.4 Å². The highest BCUT2D eigenvalue weighted by atomic mass is 16.6. The number of fused-ring (bicyclic) bond motifs is 8. The summed E-state index contributed by atoms with van der Waals surface area (Å²) in [6.07, 6.45) is 3.70. The van der Waals surface area contributed by atoms with Gasteiger partial charge in [-0.05, 0) is 57.6 Å². The zero-order valence-corrected chi connectivity index (χ0v) is 24.3. The van der Waals surface area contributed by atoms with Gasteiger partial charge in [-0.2, -0.15) is 0 Å². The van der Waals surface area contributed by atoms with E-state index in [4.69, 9.17) is 23.9 Å². The molecule has 0 N–H and O–H groups in total. The van der Waals surface area contributed by atoms with Crippen molar-refractivity contribution in [3.8, 4) is 33.8 Å². The van der Waals surface area contributed by atoms with E-state index >= 15 is 0 Å². The predicted molar refractivity (Wildman–Crippen MR) is 184 cm³/mol. The molecular formula is C38H26B2N2O3. The predicted octanol–water partition coefficient (Wildman–Crippen LogP) is 7.41. The SMILES string of the molecule is C1=Nc2cc(-c3ccccc3)ccc2OB2OB(Oc3ccc(-c4ccccc4)cc3N=Cc3ccccc32)c2ccccc21. The van der Waals surface area contributed by atoms with Gasteiger partial charge in [-0.1, -0.05) is 121 Å². The van der Waals surface area contributed by atoms with Crippen molar-refractivity contribution in [3.63, 3.8) is 0 Å². The lowest BCUT2D eigenvalue weighted by Crippen LogP contribution is -2.53. The fraction of sp³-hybridized carbons (Fsp3) is 0. The van der Waals surface area contributed by atoms with E-state index in [2.05, 4.69) is 24.3 Å². The fourth-order valence-corrected chi connectivity index (χ4v) is 5.69. The minimum atomic E-state index is -0.814. The smallest absolute Gasteiger partial charge is 0.531 e. The molecule has 2 heterocycles. The van der Waals surface area contributed by atoms with Crippen molar-refractivity contribution in [3.05, 3.63) is 157 Å². The van der Waals surface area contributed by atoms with Crippen molar-refractivity contribution in [2.75, 3.05) is 0 Å². The van der Waals surface area contributed by atoms with E-state index in [0.717, 1.165) is 44.3 Å². The highest BCUT2D eigenvalue weighted by Gasteiger charge is 2.38. The Labute approximate surface area is 262 Å². The van der Waals surface area contributed by atoms with E-state index in [1.807, 2.05) is 134 Å². The first-order chi connectivity index (χ1) is 22.3. The van der Waals surface area contributed by atoms with Crippen LogP contribution in [0.1, 0.15) is 11.1 Å². The molecule has 2 aliphatic heterocycles. The summed E-state index contributed by atoms with van der Waals surface area (Å²) in [5.74, 6) is 1.21. The lowest BCUT2D eigenvalue weighted by atomic mass is 9.68. The third kappa shape index (κ3) is 5.46. The second-order valence-corrected chi connectivity index (χ2v) is 10.9. The number of hydrogen-bond donors (Lipinski definition) is 0. The number of rotatable bonds is 2. The molecule has 6 aromatic rings. The Hall–Kier alpha value is -5.65. The maximum atomic E-state index is 6.83. The molecule has 7 heteroatoms. The van der Waals surface area contributed by atoms with Gasteiger partial charge in [0.15, 0.2) is 0 Å². The van der Waals surface area contributed by atoms with Crippen molar-refractivity contribution in [2.45, 2.75) is 0 Å². The summed E-state index contributed by atoms with van der Waals surface area (Å²) in [5, 5.41) is 0. The first kappa shape index (κ1) is 26.9. The van der Waals surface area contributed by atoms with Crippen LogP contribution in [0.15, 0.2) is 156 Å².